The number of nitriles is 2. The Kier molecular flexibility index (Phi) is 5.16. The van der Waals surface area contributed by atoms with E-state index < -0.39 is 16.8 Å². The SMILES string of the molecule is N#Cc1c(N)nc(-n2cc(CO)cn2)c(C#N)c1-c1ccc(C(F)(F)F)c(Cl)c1. The van der Waals surface area contributed by atoms with Gasteiger partial charge in [-0.2, -0.15) is 28.8 Å². The predicted molar refractivity (Wildman–Crippen MR) is 96.6 cm³/mol. The number of anilines is 1. The van der Waals surface area contributed by atoms with Gasteiger partial charge in [0, 0.05) is 17.3 Å². The van der Waals surface area contributed by atoms with E-state index in [2.05, 4.69) is 10.1 Å². The molecule has 0 unspecified atom stereocenters. The Hall–Kier alpha value is -3.60. The fourth-order valence-electron chi connectivity index (χ4n) is 2.72. The van der Waals surface area contributed by atoms with Gasteiger partial charge in [0.15, 0.2) is 5.82 Å². The van der Waals surface area contributed by atoms with Crippen LogP contribution in [0.15, 0.2) is 30.6 Å². The summed E-state index contributed by atoms with van der Waals surface area (Å²) in [5.41, 5.74) is 4.98. The van der Waals surface area contributed by atoms with Crippen molar-refractivity contribution in [1.29, 1.82) is 10.5 Å². The van der Waals surface area contributed by atoms with E-state index in [-0.39, 0.29) is 40.5 Å². The number of halogens is 4. The van der Waals surface area contributed by atoms with Gasteiger partial charge in [-0.3, -0.25) is 0 Å². The fraction of sp³-hybridized carbons (Fsp3) is 0.111. The van der Waals surface area contributed by atoms with Gasteiger partial charge in [-0.05, 0) is 17.7 Å². The quantitative estimate of drug-likeness (QED) is 0.671. The molecule has 0 radical (unpaired) electrons. The van der Waals surface area contributed by atoms with Crippen LogP contribution in [0.3, 0.4) is 0 Å². The van der Waals surface area contributed by atoms with E-state index in [0.29, 0.717) is 5.56 Å². The number of hydrogen-bond donors (Lipinski definition) is 2. The van der Waals surface area contributed by atoms with Crippen molar-refractivity contribution in [2.75, 3.05) is 5.73 Å². The van der Waals surface area contributed by atoms with E-state index in [1.807, 2.05) is 12.1 Å². The van der Waals surface area contributed by atoms with Crippen molar-refractivity contribution in [2.45, 2.75) is 12.8 Å². The summed E-state index contributed by atoms with van der Waals surface area (Å²) in [4.78, 5) is 4.04. The summed E-state index contributed by atoms with van der Waals surface area (Å²) < 4.78 is 40.2. The van der Waals surface area contributed by atoms with Gasteiger partial charge in [0.2, 0.25) is 0 Å². The molecule has 146 valence electrons. The van der Waals surface area contributed by atoms with Crippen LogP contribution in [0, 0.1) is 22.7 Å². The van der Waals surface area contributed by atoms with E-state index in [0.717, 1.165) is 18.2 Å². The average Bonchev–Trinajstić information content (AvgIpc) is 3.15. The molecule has 2 aromatic heterocycles. The number of alkyl halides is 3. The van der Waals surface area contributed by atoms with Crippen molar-refractivity contribution >= 4 is 17.4 Å². The van der Waals surface area contributed by atoms with Crippen molar-refractivity contribution in [3.05, 3.63) is 57.9 Å². The second kappa shape index (κ2) is 7.43. The topological polar surface area (TPSA) is 125 Å². The maximum absolute atomic E-state index is 13.0. The first-order chi connectivity index (χ1) is 13.7. The zero-order chi connectivity index (χ0) is 21.3. The van der Waals surface area contributed by atoms with E-state index in [1.165, 1.54) is 17.1 Å². The Morgan fingerprint density at radius 3 is 2.41 bits per heavy atom. The number of nitrogens with two attached hydrogens (primary N) is 1. The second-order valence-electron chi connectivity index (χ2n) is 5.81. The predicted octanol–water partition coefficient (Wildman–Crippen LogP) is 3.42. The maximum atomic E-state index is 13.0. The van der Waals surface area contributed by atoms with Gasteiger partial charge in [-0.25, -0.2) is 9.67 Å². The zero-order valence-electron chi connectivity index (χ0n) is 14.4. The minimum atomic E-state index is -4.66. The number of hydrogen-bond acceptors (Lipinski definition) is 6. The summed E-state index contributed by atoms with van der Waals surface area (Å²) in [5, 5.41) is 31.8. The average molecular weight is 419 g/mol. The Bertz CT molecular complexity index is 1190. The number of aliphatic hydroxyl groups is 1. The van der Waals surface area contributed by atoms with Crippen LogP contribution in [0.5, 0.6) is 0 Å². The van der Waals surface area contributed by atoms with Gasteiger partial charge >= 0.3 is 6.18 Å². The van der Waals surface area contributed by atoms with Gasteiger partial charge in [-0.15, -0.1) is 0 Å². The van der Waals surface area contributed by atoms with Crippen LogP contribution in [-0.2, 0) is 12.8 Å². The third kappa shape index (κ3) is 3.59. The van der Waals surface area contributed by atoms with Crippen molar-refractivity contribution in [3.8, 4) is 29.1 Å². The first kappa shape index (κ1) is 20.1. The minimum absolute atomic E-state index is 0.0193. The number of pyridine rings is 1. The highest BCUT2D eigenvalue weighted by molar-refractivity contribution is 6.31. The molecule has 2 heterocycles. The van der Waals surface area contributed by atoms with Gasteiger partial charge in [-0.1, -0.05) is 17.7 Å². The van der Waals surface area contributed by atoms with Gasteiger partial charge in [0.05, 0.1) is 23.4 Å². The van der Waals surface area contributed by atoms with Crippen LogP contribution in [0.1, 0.15) is 22.3 Å². The molecule has 1 aromatic carbocycles. The van der Waals surface area contributed by atoms with Gasteiger partial charge in [0.1, 0.15) is 29.1 Å². The molecule has 0 aliphatic carbocycles. The number of aromatic nitrogens is 3. The normalized spacial score (nSPS) is 11.1. The van der Waals surface area contributed by atoms with Crippen molar-refractivity contribution in [2.24, 2.45) is 0 Å². The molecule has 0 spiro atoms. The summed E-state index contributed by atoms with van der Waals surface area (Å²) in [6.45, 7) is -0.310. The van der Waals surface area contributed by atoms with Crippen LogP contribution in [0.2, 0.25) is 5.02 Å². The molecule has 0 aliphatic heterocycles. The van der Waals surface area contributed by atoms with E-state index in [4.69, 9.17) is 17.3 Å². The number of aliphatic hydroxyl groups excluding tert-OH is 1. The molecule has 0 atom stereocenters. The molecule has 0 aliphatic rings. The highest BCUT2D eigenvalue weighted by atomic mass is 35.5. The molecular weight excluding hydrogens is 409 g/mol. The van der Waals surface area contributed by atoms with Crippen LogP contribution in [-0.4, -0.2) is 19.9 Å². The lowest BCUT2D eigenvalue weighted by Crippen LogP contribution is -2.09. The first-order valence-electron chi connectivity index (χ1n) is 7.86. The maximum Gasteiger partial charge on any atom is 0.417 e. The molecular formula is C18H10ClF3N6O. The number of nitrogen functional groups attached to an aromatic ring is 1. The Labute approximate surface area is 167 Å². The summed E-state index contributed by atoms with van der Waals surface area (Å²) >= 11 is 5.80. The lowest BCUT2D eigenvalue weighted by Gasteiger charge is -2.15. The third-order valence-corrected chi connectivity index (χ3v) is 4.34. The fourth-order valence-corrected chi connectivity index (χ4v) is 3.01. The summed E-state index contributed by atoms with van der Waals surface area (Å²) in [5.74, 6) is -0.289. The molecule has 0 fully saturated rings. The molecule has 11 heteroatoms. The second-order valence-corrected chi connectivity index (χ2v) is 6.22. The Balaban J connectivity index is 2.32. The highest BCUT2D eigenvalue weighted by Gasteiger charge is 2.33. The summed E-state index contributed by atoms with van der Waals surface area (Å²) in [7, 11) is 0. The van der Waals surface area contributed by atoms with E-state index in [1.54, 1.807) is 0 Å². The van der Waals surface area contributed by atoms with Crippen molar-refractivity contribution in [3.63, 3.8) is 0 Å². The Morgan fingerprint density at radius 2 is 1.90 bits per heavy atom. The van der Waals surface area contributed by atoms with E-state index in [9.17, 15) is 28.8 Å². The molecule has 0 saturated carbocycles. The summed E-state index contributed by atoms with van der Waals surface area (Å²) in [6.07, 6.45) is -1.92. The molecule has 29 heavy (non-hydrogen) atoms. The zero-order valence-corrected chi connectivity index (χ0v) is 15.1. The minimum Gasteiger partial charge on any atom is -0.392 e. The number of nitrogens with zero attached hydrogens (tertiary/aromatic N) is 5. The number of rotatable bonds is 3. The molecule has 3 N–H and O–H groups in total. The monoisotopic (exact) mass is 418 g/mol. The molecule has 7 nitrogen and oxygen atoms in total. The first-order valence-corrected chi connectivity index (χ1v) is 8.24. The molecule has 0 bridgehead atoms. The third-order valence-electron chi connectivity index (χ3n) is 4.03. The van der Waals surface area contributed by atoms with E-state index >= 15 is 0 Å². The van der Waals surface area contributed by atoms with Gasteiger partial charge in [0.25, 0.3) is 0 Å². The van der Waals surface area contributed by atoms with Crippen LogP contribution >= 0.6 is 11.6 Å². The lowest BCUT2D eigenvalue weighted by molar-refractivity contribution is -0.137. The van der Waals surface area contributed by atoms with Crippen molar-refractivity contribution in [1.82, 2.24) is 14.8 Å². The molecule has 3 aromatic rings. The largest absolute Gasteiger partial charge is 0.417 e. The van der Waals surface area contributed by atoms with Crippen LogP contribution in [0.4, 0.5) is 19.0 Å². The standard InChI is InChI=1S/C18H10ClF3N6O/c19-14-3-10(1-2-13(14)18(20,21)22)15-11(4-23)16(25)27-17(12(15)5-24)28-7-9(8-29)6-26-28/h1-3,6-7,29H,8H2,(H2,25,27). The molecule has 0 amide bonds. The molecule has 3 rings (SSSR count). The van der Waals surface area contributed by atoms with Crippen LogP contribution < -0.4 is 5.73 Å². The highest BCUT2D eigenvalue weighted by Crippen LogP contribution is 2.39. The summed E-state index contributed by atoms with van der Waals surface area (Å²) in [6, 6.07) is 6.58. The van der Waals surface area contributed by atoms with Crippen molar-refractivity contribution < 1.29 is 18.3 Å². The van der Waals surface area contributed by atoms with Gasteiger partial charge < -0.3 is 10.8 Å². The lowest BCUT2D eigenvalue weighted by atomic mass is 9.95. The molecule has 0 saturated heterocycles. The number of benzene rings is 1. The Morgan fingerprint density at radius 1 is 1.21 bits per heavy atom. The van der Waals surface area contributed by atoms with Crippen LogP contribution in [0.25, 0.3) is 16.9 Å². The smallest absolute Gasteiger partial charge is 0.392 e.